The Morgan fingerprint density at radius 3 is 2.09 bits per heavy atom. The molecule has 0 bridgehead atoms. The number of rotatable bonds is 10. The molecule has 46 heavy (non-hydrogen) atoms. The number of nitrogens with zero attached hydrogens (tertiary/aromatic N) is 2. The van der Waals surface area contributed by atoms with E-state index in [1.807, 2.05) is 40.8 Å². The van der Waals surface area contributed by atoms with Crippen LogP contribution in [0.2, 0.25) is 0 Å². The standard InChI is InChI=1S/C35H51B2BrN2O6/c1-14-40-28-16-15-24(38)18-25(28)27(19-31(3,4)21-42-37-45-34(9,10)35(11,12)46-37)30(40)26-17-23(20-39-29(26)22(2)41-13)36-43-32(5,6)33(7,8)44-36/h15-18,20,22H,14,19,21H2,1-13H3/t22-/m0/s1. The molecule has 11 heteroatoms. The summed E-state index contributed by atoms with van der Waals surface area (Å²) in [5.74, 6) is 0. The van der Waals surface area contributed by atoms with Gasteiger partial charge in [-0.25, -0.2) is 0 Å². The minimum atomic E-state index is -0.718. The van der Waals surface area contributed by atoms with Crippen LogP contribution >= 0.6 is 15.9 Å². The normalized spacial score (nSPS) is 21.0. The number of aryl methyl sites for hydroxylation is 1. The Balaban J connectivity index is 1.61. The van der Waals surface area contributed by atoms with Gasteiger partial charge in [-0.1, -0.05) is 29.8 Å². The summed E-state index contributed by atoms with van der Waals surface area (Å²) < 4.78 is 40.9. The van der Waals surface area contributed by atoms with Gasteiger partial charge in [0.1, 0.15) is 0 Å². The van der Waals surface area contributed by atoms with Gasteiger partial charge in [0.2, 0.25) is 0 Å². The Kier molecular flexibility index (Phi) is 9.52. The molecule has 0 saturated carbocycles. The monoisotopic (exact) mass is 696 g/mol. The van der Waals surface area contributed by atoms with E-state index in [0.29, 0.717) is 6.61 Å². The van der Waals surface area contributed by atoms with Crippen LogP contribution in [0.3, 0.4) is 0 Å². The minimum Gasteiger partial charge on any atom is -0.399 e. The Labute approximate surface area is 284 Å². The Bertz CT molecular complexity index is 1570. The third-order valence-corrected chi connectivity index (χ3v) is 10.9. The number of halogens is 1. The lowest BCUT2D eigenvalue weighted by Gasteiger charge is -2.32. The van der Waals surface area contributed by atoms with Crippen molar-refractivity contribution in [3.8, 4) is 11.3 Å². The first-order chi connectivity index (χ1) is 21.2. The molecule has 0 aliphatic carbocycles. The number of ether oxygens (including phenoxy) is 1. The van der Waals surface area contributed by atoms with E-state index in [2.05, 4.69) is 93.2 Å². The third-order valence-electron chi connectivity index (χ3n) is 10.4. The molecule has 2 aliphatic rings. The van der Waals surface area contributed by atoms with E-state index in [1.165, 1.54) is 10.9 Å². The summed E-state index contributed by atoms with van der Waals surface area (Å²) in [5, 5.41) is 1.19. The Morgan fingerprint density at radius 2 is 1.52 bits per heavy atom. The first-order valence-electron chi connectivity index (χ1n) is 16.4. The molecule has 0 spiro atoms. The highest BCUT2D eigenvalue weighted by molar-refractivity contribution is 9.10. The summed E-state index contributed by atoms with van der Waals surface area (Å²) in [7, 11) is 0.469. The van der Waals surface area contributed by atoms with Crippen molar-refractivity contribution in [1.82, 2.24) is 9.55 Å². The molecular formula is C35H51B2BrN2O6. The second kappa shape index (κ2) is 12.3. The second-order valence-corrected chi connectivity index (χ2v) is 16.5. The lowest BCUT2D eigenvalue weighted by molar-refractivity contribution is 0.00578. The van der Waals surface area contributed by atoms with Gasteiger partial charge in [0, 0.05) is 52.9 Å². The van der Waals surface area contributed by atoms with Crippen LogP contribution in [0.15, 0.2) is 34.9 Å². The van der Waals surface area contributed by atoms with Crippen molar-refractivity contribution in [3.63, 3.8) is 0 Å². The van der Waals surface area contributed by atoms with Crippen LogP contribution in [0, 0.1) is 5.41 Å². The molecule has 1 atom stereocenters. The van der Waals surface area contributed by atoms with Crippen molar-refractivity contribution < 1.29 is 28.0 Å². The average molecular weight is 697 g/mol. The van der Waals surface area contributed by atoms with Gasteiger partial charge in [-0.3, -0.25) is 4.98 Å². The summed E-state index contributed by atoms with van der Waals surface area (Å²) in [4.78, 5) is 5.02. The van der Waals surface area contributed by atoms with E-state index in [1.54, 1.807) is 7.11 Å². The van der Waals surface area contributed by atoms with Gasteiger partial charge < -0.3 is 32.6 Å². The molecular weight excluding hydrogens is 646 g/mol. The topological polar surface area (TPSA) is 73.2 Å². The molecule has 0 unspecified atom stereocenters. The average Bonchev–Trinajstić information content (AvgIpc) is 3.46. The maximum absolute atomic E-state index is 6.47. The van der Waals surface area contributed by atoms with Crippen molar-refractivity contribution in [2.75, 3.05) is 13.7 Å². The van der Waals surface area contributed by atoms with Crippen LogP contribution < -0.4 is 5.46 Å². The SMILES string of the molecule is CCn1c(-c2cc(B3OC(C)(C)C(C)(C)O3)cnc2[C@H](C)OC)c(CC(C)(C)COB2OC(C)(C)C(C)(C)O2)c2cc(Br)ccc21. The second-order valence-electron chi connectivity index (χ2n) is 15.6. The van der Waals surface area contributed by atoms with Gasteiger partial charge >= 0.3 is 14.4 Å². The zero-order valence-electron chi connectivity index (χ0n) is 30.0. The predicted octanol–water partition coefficient (Wildman–Crippen LogP) is 7.67. The Hall–Kier alpha value is -1.72. The van der Waals surface area contributed by atoms with Crippen LogP contribution in [-0.2, 0) is 41.0 Å². The van der Waals surface area contributed by atoms with Gasteiger partial charge in [-0.15, -0.1) is 0 Å². The number of hydrogen-bond acceptors (Lipinski definition) is 7. The Morgan fingerprint density at radius 1 is 0.935 bits per heavy atom. The molecule has 1 aromatic carbocycles. The molecule has 250 valence electrons. The number of methoxy groups -OCH3 is 1. The van der Waals surface area contributed by atoms with Crippen LogP contribution in [0.4, 0.5) is 0 Å². The number of hydrogen-bond donors (Lipinski definition) is 0. The molecule has 2 aliphatic heterocycles. The van der Waals surface area contributed by atoms with Crippen LogP contribution in [0.1, 0.15) is 100 Å². The lowest BCUT2D eigenvalue weighted by atomic mass is 9.78. The molecule has 2 fully saturated rings. The third kappa shape index (κ3) is 6.50. The molecule has 3 aromatic rings. The first-order valence-corrected chi connectivity index (χ1v) is 17.2. The van der Waals surface area contributed by atoms with Crippen molar-refractivity contribution in [3.05, 3.63) is 46.2 Å². The van der Waals surface area contributed by atoms with E-state index in [9.17, 15) is 0 Å². The van der Waals surface area contributed by atoms with Gasteiger partial charge in [0.15, 0.2) is 0 Å². The molecule has 0 amide bonds. The van der Waals surface area contributed by atoms with Gasteiger partial charge in [-0.05, 0) is 111 Å². The van der Waals surface area contributed by atoms with E-state index in [4.69, 9.17) is 33.0 Å². The van der Waals surface area contributed by atoms with Crippen LogP contribution in [0.25, 0.3) is 22.2 Å². The summed E-state index contributed by atoms with van der Waals surface area (Å²) >= 11 is 3.75. The fourth-order valence-corrected chi connectivity index (χ4v) is 6.48. The molecule has 2 saturated heterocycles. The van der Waals surface area contributed by atoms with Crippen molar-refractivity contribution in [2.45, 2.75) is 125 Å². The molecule has 0 radical (unpaired) electrons. The summed E-state index contributed by atoms with van der Waals surface area (Å²) in [6, 6.07) is 8.70. The highest BCUT2D eigenvalue weighted by Gasteiger charge is 2.54. The maximum atomic E-state index is 6.47. The summed E-state index contributed by atoms with van der Waals surface area (Å²) in [6.07, 6.45) is 2.38. The van der Waals surface area contributed by atoms with Gasteiger partial charge in [0.05, 0.1) is 39.9 Å². The van der Waals surface area contributed by atoms with E-state index in [0.717, 1.165) is 45.4 Å². The molecule has 5 rings (SSSR count). The molecule has 8 nitrogen and oxygen atoms in total. The molecule has 2 aromatic heterocycles. The quantitative estimate of drug-likeness (QED) is 0.202. The number of benzene rings is 1. The summed E-state index contributed by atoms with van der Waals surface area (Å²) in [6.45, 7) is 26.3. The zero-order chi connectivity index (χ0) is 34.0. The van der Waals surface area contributed by atoms with E-state index < -0.39 is 36.8 Å². The summed E-state index contributed by atoms with van der Waals surface area (Å²) in [5.41, 5.74) is 4.14. The van der Waals surface area contributed by atoms with Gasteiger partial charge in [0.25, 0.3) is 0 Å². The highest BCUT2D eigenvalue weighted by Crippen LogP contribution is 2.43. The first kappa shape index (κ1) is 35.6. The van der Waals surface area contributed by atoms with E-state index in [-0.39, 0.29) is 11.5 Å². The largest absolute Gasteiger partial charge is 0.640 e. The predicted molar refractivity (Wildman–Crippen MR) is 189 cm³/mol. The van der Waals surface area contributed by atoms with E-state index >= 15 is 0 Å². The number of pyridine rings is 1. The van der Waals surface area contributed by atoms with Gasteiger partial charge in [-0.2, -0.15) is 0 Å². The van der Waals surface area contributed by atoms with Crippen LogP contribution in [0.5, 0.6) is 0 Å². The fraction of sp³-hybridized carbons (Fsp3) is 0.629. The molecule has 0 N–H and O–H groups in total. The fourth-order valence-electron chi connectivity index (χ4n) is 6.12. The van der Waals surface area contributed by atoms with Crippen molar-refractivity contribution in [2.24, 2.45) is 5.41 Å². The zero-order valence-corrected chi connectivity index (χ0v) is 31.5. The maximum Gasteiger partial charge on any atom is 0.640 e. The number of aromatic nitrogens is 2. The molecule has 4 heterocycles. The lowest BCUT2D eigenvalue weighted by Crippen LogP contribution is -2.41. The minimum absolute atomic E-state index is 0.232. The number of fused-ring (bicyclic) bond motifs is 1. The van der Waals surface area contributed by atoms with Crippen LogP contribution in [-0.4, -0.2) is 60.1 Å². The van der Waals surface area contributed by atoms with Crippen molar-refractivity contribution >= 4 is 46.7 Å². The van der Waals surface area contributed by atoms with Crippen molar-refractivity contribution in [1.29, 1.82) is 0 Å². The smallest absolute Gasteiger partial charge is 0.399 e. The highest BCUT2D eigenvalue weighted by atomic mass is 79.9.